The average molecular weight is 306 g/mol. The van der Waals surface area contributed by atoms with Crippen molar-refractivity contribution in [2.45, 2.75) is 30.7 Å². The van der Waals surface area contributed by atoms with Crippen molar-refractivity contribution in [3.8, 4) is 0 Å². The predicted octanol–water partition coefficient (Wildman–Crippen LogP) is 2.67. The van der Waals surface area contributed by atoms with Gasteiger partial charge in [-0.25, -0.2) is 4.68 Å². The van der Waals surface area contributed by atoms with Gasteiger partial charge in [0.2, 0.25) is 5.16 Å². The Morgan fingerprint density at radius 1 is 1.24 bits per heavy atom. The van der Waals surface area contributed by atoms with E-state index in [0.29, 0.717) is 24.2 Å². The third-order valence-corrected chi connectivity index (χ3v) is 4.79. The molecule has 0 spiro atoms. The normalized spacial score (nSPS) is 12.8. The second-order valence-corrected chi connectivity index (χ2v) is 6.31. The molecule has 0 saturated carbocycles. The number of hydrogen-bond acceptors (Lipinski definition) is 5. The highest BCUT2D eigenvalue weighted by Crippen LogP contribution is 2.39. The van der Waals surface area contributed by atoms with Crippen molar-refractivity contribution in [1.29, 1.82) is 0 Å². The number of ether oxygens (including phenoxy) is 1. The molecule has 2 N–H and O–H groups in total. The lowest BCUT2D eigenvalue weighted by Crippen LogP contribution is -2.16. The number of nitrogens with zero attached hydrogens (tertiary/aromatic N) is 3. The highest BCUT2D eigenvalue weighted by Gasteiger charge is 2.21. The molecule has 114 valence electrons. The third kappa shape index (κ3) is 3.98. The Kier molecular flexibility index (Phi) is 5.64. The zero-order chi connectivity index (χ0) is 15.2. The Labute approximate surface area is 129 Å². The Morgan fingerprint density at radius 2 is 1.95 bits per heavy atom. The first-order valence-corrected chi connectivity index (χ1v) is 7.91. The van der Waals surface area contributed by atoms with Gasteiger partial charge in [-0.05, 0) is 11.5 Å². The van der Waals surface area contributed by atoms with Gasteiger partial charge in [-0.1, -0.05) is 55.9 Å². The van der Waals surface area contributed by atoms with E-state index in [4.69, 9.17) is 10.6 Å². The van der Waals surface area contributed by atoms with Crippen LogP contribution in [0.4, 0.5) is 0 Å². The molecular formula is C15H22N4OS. The van der Waals surface area contributed by atoms with E-state index < -0.39 is 0 Å². The molecule has 1 aromatic heterocycles. The molecule has 1 aromatic carbocycles. The van der Waals surface area contributed by atoms with Gasteiger partial charge >= 0.3 is 0 Å². The molecule has 2 rings (SSSR count). The van der Waals surface area contributed by atoms with Gasteiger partial charge in [0.15, 0.2) is 5.82 Å². The summed E-state index contributed by atoms with van der Waals surface area (Å²) in [5.41, 5.74) is 1.28. The minimum absolute atomic E-state index is 0.299. The number of thioether (sulfide) groups is 1. The standard InChI is InChI=1S/C15H22N4OS/c1-11(2)14(12-7-5-4-6-8-12)21-15-18-17-13(19(15)16)9-10-20-3/h4-8,11,14H,9-10,16H2,1-3H3. The molecule has 1 heterocycles. The molecule has 0 bridgehead atoms. The first-order chi connectivity index (χ1) is 10.1. The van der Waals surface area contributed by atoms with Crippen LogP contribution in [0.2, 0.25) is 0 Å². The van der Waals surface area contributed by atoms with Crippen molar-refractivity contribution in [2.75, 3.05) is 19.6 Å². The molecule has 0 amide bonds. The predicted molar refractivity (Wildman–Crippen MR) is 85.6 cm³/mol. The van der Waals surface area contributed by atoms with Crippen LogP contribution in [0.3, 0.4) is 0 Å². The number of benzene rings is 1. The van der Waals surface area contributed by atoms with Crippen molar-refractivity contribution >= 4 is 11.8 Å². The zero-order valence-corrected chi connectivity index (χ0v) is 13.5. The van der Waals surface area contributed by atoms with Crippen LogP contribution >= 0.6 is 11.8 Å². The molecular weight excluding hydrogens is 284 g/mol. The second-order valence-electron chi connectivity index (χ2n) is 5.20. The van der Waals surface area contributed by atoms with E-state index in [2.05, 4.69) is 48.3 Å². The van der Waals surface area contributed by atoms with Crippen molar-refractivity contribution in [3.05, 3.63) is 41.7 Å². The lowest BCUT2D eigenvalue weighted by Gasteiger charge is -2.20. The molecule has 0 aliphatic carbocycles. The molecule has 1 atom stereocenters. The molecule has 2 aromatic rings. The summed E-state index contributed by atoms with van der Waals surface area (Å²) in [7, 11) is 1.66. The maximum Gasteiger partial charge on any atom is 0.210 e. The molecule has 21 heavy (non-hydrogen) atoms. The minimum Gasteiger partial charge on any atom is -0.384 e. The van der Waals surface area contributed by atoms with Crippen molar-refractivity contribution in [1.82, 2.24) is 14.9 Å². The molecule has 1 unspecified atom stereocenters. The monoisotopic (exact) mass is 306 g/mol. The van der Waals surface area contributed by atoms with Gasteiger partial charge < -0.3 is 10.6 Å². The van der Waals surface area contributed by atoms with Gasteiger partial charge in [-0.3, -0.25) is 0 Å². The van der Waals surface area contributed by atoms with Crippen LogP contribution in [-0.2, 0) is 11.2 Å². The van der Waals surface area contributed by atoms with Gasteiger partial charge in [0, 0.05) is 18.8 Å². The Balaban J connectivity index is 2.16. The maximum atomic E-state index is 6.09. The Bertz CT molecular complexity index is 556. The fraction of sp³-hybridized carbons (Fsp3) is 0.467. The Morgan fingerprint density at radius 3 is 2.57 bits per heavy atom. The summed E-state index contributed by atoms with van der Waals surface area (Å²) >= 11 is 1.65. The fourth-order valence-electron chi connectivity index (χ4n) is 2.10. The number of aromatic nitrogens is 3. The highest BCUT2D eigenvalue weighted by atomic mass is 32.2. The molecule has 5 nitrogen and oxygen atoms in total. The number of hydrogen-bond donors (Lipinski definition) is 1. The van der Waals surface area contributed by atoms with Crippen molar-refractivity contribution in [2.24, 2.45) is 5.92 Å². The quantitative estimate of drug-likeness (QED) is 0.629. The molecule has 0 aliphatic rings. The van der Waals surface area contributed by atoms with Crippen LogP contribution in [0.25, 0.3) is 0 Å². The van der Waals surface area contributed by atoms with Gasteiger partial charge in [0.25, 0.3) is 0 Å². The Hall–Kier alpha value is -1.53. The molecule has 6 heteroatoms. The van der Waals surface area contributed by atoms with Gasteiger partial charge in [0.1, 0.15) is 0 Å². The first-order valence-electron chi connectivity index (χ1n) is 7.03. The number of nitrogens with two attached hydrogens (primary N) is 1. The highest BCUT2D eigenvalue weighted by molar-refractivity contribution is 7.99. The van der Waals surface area contributed by atoms with Gasteiger partial charge in [0.05, 0.1) is 6.61 Å². The van der Waals surface area contributed by atoms with Crippen LogP contribution in [0, 0.1) is 5.92 Å². The summed E-state index contributed by atoms with van der Waals surface area (Å²) in [6, 6.07) is 10.4. The summed E-state index contributed by atoms with van der Waals surface area (Å²) in [4.78, 5) is 0. The molecule has 0 radical (unpaired) electrons. The number of rotatable bonds is 7. The van der Waals surface area contributed by atoms with Crippen LogP contribution < -0.4 is 5.84 Å². The SMILES string of the molecule is COCCc1nnc(SC(c2ccccc2)C(C)C)n1N. The van der Waals surface area contributed by atoms with E-state index in [1.807, 2.05) is 6.07 Å². The lowest BCUT2D eigenvalue weighted by atomic mass is 10.0. The van der Waals surface area contributed by atoms with E-state index >= 15 is 0 Å². The average Bonchev–Trinajstić information content (AvgIpc) is 2.83. The van der Waals surface area contributed by atoms with Gasteiger partial charge in [-0.2, -0.15) is 0 Å². The van der Waals surface area contributed by atoms with Crippen LogP contribution in [0.15, 0.2) is 35.5 Å². The zero-order valence-electron chi connectivity index (χ0n) is 12.7. The van der Waals surface area contributed by atoms with Crippen LogP contribution in [0.5, 0.6) is 0 Å². The number of nitrogen functional groups attached to an aromatic ring is 1. The molecule has 0 saturated heterocycles. The maximum absolute atomic E-state index is 6.09. The van der Waals surface area contributed by atoms with Crippen molar-refractivity contribution < 1.29 is 4.74 Å². The minimum atomic E-state index is 0.299. The molecule has 0 aliphatic heterocycles. The van der Waals surface area contributed by atoms with E-state index in [1.165, 1.54) is 5.56 Å². The number of methoxy groups -OCH3 is 1. The van der Waals surface area contributed by atoms with E-state index in [-0.39, 0.29) is 0 Å². The smallest absolute Gasteiger partial charge is 0.210 e. The summed E-state index contributed by atoms with van der Waals surface area (Å²) in [5.74, 6) is 7.30. The van der Waals surface area contributed by atoms with Crippen molar-refractivity contribution in [3.63, 3.8) is 0 Å². The lowest BCUT2D eigenvalue weighted by molar-refractivity contribution is 0.200. The summed E-state index contributed by atoms with van der Waals surface area (Å²) < 4.78 is 6.63. The fourth-order valence-corrected chi connectivity index (χ4v) is 3.20. The van der Waals surface area contributed by atoms with Crippen LogP contribution in [0.1, 0.15) is 30.5 Å². The summed E-state index contributed by atoms with van der Waals surface area (Å²) in [6.45, 7) is 4.99. The topological polar surface area (TPSA) is 66.0 Å². The van der Waals surface area contributed by atoms with E-state index in [9.17, 15) is 0 Å². The van der Waals surface area contributed by atoms with Crippen LogP contribution in [-0.4, -0.2) is 28.6 Å². The summed E-state index contributed by atoms with van der Waals surface area (Å²) in [6.07, 6.45) is 0.665. The second kappa shape index (κ2) is 7.47. The first kappa shape index (κ1) is 15.9. The molecule has 0 fully saturated rings. The summed E-state index contributed by atoms with van der Waals surface area (Å²) in [5, 5.41) is 9.40. The largest absolute Gasteiger partial charge is 0.384 e. The van der Waals surface area contributed by atoms with E-state index in [1.54, 1.807) is 23.5 Å². The van der Waals surface area contributed by atoms with E-state index in [0.717, 1.165) is 11.0 Å². The van der Waals surface area contributed by atoms with Gasteiger partial charge in [-0.15, -0.1) is 10.2 Å². The third-order valence-electron chi connectivity index (χ3n) is 3.23.